The smallest absolute Gasteiger partial charge is 0.264 e. The van der Waals surface area contributed by atoms with E-state index < -0.39 is 20.2 Å². The molecule has 0 radical (unpaired) electrons. The number of nitrogens with zero attached hydrogens (tertiary/aromatic N) is 2. The van der Waals surface area contributed by atoms with Crippen LogP contribution in [-0.2, 0) is 20.2 Å². The van der Waals surface area contributed by atoms with Crippen molar-refractivity contribution in [1.29, 1.82) is 0 Å². The Bertz CT molecular complexity index is 1480. The summed E-state index contributed by atoms with van der Waals surface area (Å²) in [4.78, 5) is 6.60. The van der Waals surface area contributed by atoms with Crippen molar-refractivity contribution in [2.75, 3.05) is 34.4 Å². The van der Waals surface area contributed by atoms with Crippen molar-refractivity contribution >= 4 is 66.7 Å². The van der Waals surface area contributed by atoms with Crippen molar-refractivity contribution in [3.8, 4) is 0 Å². The number of unbranched alkanes of at least 4 members (excludes halogenated alkanes) is 2. The third-order valence-corrected chi connectivity index (χ3v) is 10.5. The number of anilines is 2. The average Bonchev–Trinajstić information content (AvgIpc) is 3.35. The predicted molar refractivity (Wildman–Crippen MR) is 161 cm³/mol. The van der Waals surface area contributed by atoms with E-state index in [2.05, 4.69) is 34.1 Å². The van der Waals surface area contributed by atoms with Crippen LogP contribution in [0.15, 0.2) is 69.4 Å². The van der Waals surface area contributed by atoms with Crippen LogP contribution < -0.4 is 9.80 Å². The van der Waals surface area contributed by atoms with E-state index in [9.17, 15) is 16.8 Å². The molecule has 0 saturated heterocycles. The molecule has 0 amide bonds. The molecule has 0 saturated carbocycles. The van der Waals surface area contributed by atoms with Gasteiger partial charge in [-0.05, 0) is 74.6 Å². The van der Waals surface area contributed by atoms with Gasteiger partial charge in [0.25, 0.3) is 20.2 Å². The van der Waals surface area contributed by atoms with Crippen LogP contribution in [0.1, 0.15) is 31.2 Å². The van der Waals surface area contributed by atoms with E-state index in [1.54, 1.807) is 23.5 Å². The molecule has 1 atom stereocenters. The van der Waals surface area contributed by atoms with Crippen molar-refractivity contribution in [1.82, 2.24) is 0 Å². The average molecular weight is 631 g/mol. The van der Waals surface area contributed by atoms with Crippen LogP contribution in [0.4, 0.5) is 11.4 Å². The van der Waals surface area contributed by atoms with Crippen molar-refractivity contribution in [3.05, 3.63) is 70.2 Å². The van der Waals surface area contributed by atoms with E-state index >= 15 is 0 Å². The maximum Gasteiger partial charge on any atom is 0.264 e. The lowest BCUT2D eigenvalue weighted by Crippen LogP contribution is -2.29. The van der Waals surface area contributed by atoms with Crippen molar-refractivity contribution in [3.63, 3.8) is 0 Å². The highest BCUT2D eigenvalue weighted by Crippen LogP contribution is 2.47. The first kappa shape index (κ1) is 30.3. The first-order valence-electron chi connectivity index (χ1n) is 12.5. The molecule has 2 aromatic carbocycles. The van der Waals surface area contributed by atoms with Gasteiger partial charge in [0.15, 0.2) is 0 Å². The van der Waals surface area contributed by atoms with Crippen LogP contribution >= 0.6 is 35.1 Å². The summed E-state index contributed by atoms with van der Waals surface area (Å²) in [5.74, 6) is -0.516. The lowest BCUT2D eigenvalue weighted by atomic mass is 10.2. The topological polar surface area (TPSA) is 115 Å². The Morgan fingerprint density at radius 2 is 1.56 bits per heavy atom. The Kier molecular flexibility index (Phi) is 10.0. The molecule has 2 aromatic rings. The van der Waals surface area contributed by atoms with E-state index in [0.29, 0.717) is 43.8 Å². The molecule has 0 aromatic heterocycles. The van der Waals surface area contributed by atoms with Crippen molar-refractivity contribution in [2.24, 2.45) is 0 Å². The first-order valence-corrected chi connectivity index (χ1v) is 17.8. The molecule has 1 unspecified atom stereocenters. The van der Waals surface area contributed by atoms with E-state index in [4.69, 9.17) is 20.7 Å². The molecule has 0 bridgehead atoms. The van der Waals surface area contributed by atoms with Crippen LogP contribution in [0, 0.1) is 6.92 Å². The SMILES string of the molecule is Cc1ccc2c(c1)N(CCCCS(=O)(=O)O)C(/C=C/C=C1\Sc3ccc(Cl)cc3N1CCCCS(=O)(=O)O)S2. The molecule has 0 fully saturated rings. The van der Waals surface area contributed by atoms with Gasteiger partial charge in [-0.1, -0.05) is 53.3 Å². The zero-order valence-corrected chi connectivity index (χ0v) is 25.4. The van der Waals surface area contributed by atoms with Crippen molar-refractivity contribution < 1.29 is 25.9 Å². The highest BCUT2D eigenvalue weighted by atomic mass is 35.5. The molecular formula is C26H31ClN2O6S4. The Labute approximate surface area is 244 Å². The Morgan fingerprint density at radius 1 is 0.897 bits per heavy atom. The van der Waals surface area contributed by atoms with E-state index in [0.717, 1.165) is 31.8 Å². The third-order valence-electron chi connectivity index (χ3n) is 6.27. The lowest BCUT2D eigenvalue weighted by molar-refractivity contribution is 0.478. The number of rotatable bonds is 12. The predicted octanol–water partition coefficient (Wildman–Crippen LogP) is 6.23. The van der Waals surface area contributed by atoms with Gasteiger partial charge in [0.1, 0.15) is 0 Å². The maximum absolute atomic E-state index is 11.1. The molecule has 0 aliphatic carbocycles. The third kappa shape index (κ3) is 8.66. The van der Waals surface area contributed by atoms with E-state index in [1.165, 1.54) is 0 Å². The second kappa shape index (κ2) is 12.9. The van der Waals surface area contributed by atoms with Gasteiger partial charge in [-0.25, -0.2) is 0 Å². The normalized spacial score (nSPS) is 18.4. The van der Waals surface area contributed by atoms with Gasteiger partial charge < -0.3 is 9.80 Å². The summed E-state index contributed by atoms with van der Waals surface area (Å²) in [5.41, 5.74) is 3.23. The number of hydrogen-bond acceptors (Lipinski definition) is 8. The summed E-state index contributed by atoms with van der Waals surface area (Å²) in [6.45, 7) is 3.28. The molecular weight excluding hydrogens is 600 g/mol. The van der Waals surface area contributed by atoms with Gasteiger partial charge in [-0.2, -0.15) is 16.8 Å². The zero-order chi connectivity index (χ0) is 28.2. The number of allylic oxidation sites excluding steroid dienone is 2. The minimum atomic E-state index is -3.99. The monoisotopic (exact) mass is 630 g/mol. The van der Waals surface area contributed by atoms with Crippen LogP contribution in [0.3, 0.4) is 0 Å². The van der Waals surface area contributed by atoms with Gasteiger partial charge in [0.2, 0.25) is 0 Å². The Hall–Kier alpha value is -1.67. The number of thioether (sulfide) groups is 2. The fraction of sp³-hybridized carbons (Fsp3) is 0.385. The molecule has 2 aliphatic heterocycles. The second-order valence-electron chi connectivity index (χ2n) is 9.41. The molecule has 212 valence electrons. The maximum atomic E-state index is 11.1. The van der Waals surface area contributed by atoms with Crippen LogP contribution in [0.5, 0.6) is 0 Å². The zero-order valence-electron chi connectivity index (χ0n) is 21.4. The Morgan fingerprint density at radius 3 is 2.26 bits per heavy atom. The highest BCUT2D eigenvalue weighted by Gasteiger charge is 2.28. The number of fused-ring (bicyclic) bond motifs is 2. The quantitative estimate of drug-likeness (QED) is 0.206. The number of halogens is 1. The minimum Gasteiger partial charge on any atom is -0.355 e. The molecule has 0 spiro atoms. The van der Waals surface area contributed by atoms with E-state index in [-0.39, 0.29) is 16.9 Å². The lowest BCUT2D eigenvalue weighted by Gasteiger charge is -2.24. The standard InChI is InChI=1S/C26H31ClN2O6S4/c1-19-9-11-23-21(17-19)28(13-2-4-15-38(30,31)32)25(36-23)7-6-8-26-29(14-3-5-16-39(33,34)35)22-18-20(27)10-12-24(22)37-26/h6-12,17-18,25H,2-5,13-16H2,1H3,(H,30,31,32)(H,33,34,35)/b7-6+,26-8-. The molecule has 2 aliphatic rings. The van der Waals surface area contributed by atoms with Gasteiger partial charge >= 0.3 is 0 Å². The molecule has 2 N–H and O–H groups in total. The molecule has 39 heavy (non-hydrogen) atoms. The number of benzene rings is 2. The van der Waals surface area contributed by atoms with Crippen LogP contribution in [0.25, 0.3) is 0 Å². The number of aryl methyl sites for hydroxylation is 1. The number of hydrogen-bond donors (Lipinski definition) is 2. The summed E-state index contributed by atoms with van der Waals surface area (Å²) in [5, 5.41) is 1.64. The first-order chi connectivity index (χ1) is 18.4. The summed E-state index contributed by atoms with van der Waals surface area (Å²) in [7, 11) is -7.96. The summed E-state index contributed by atoms with van der Waals surface area (Å²) >= 11 is 9.61. The summed E-state index contributed by atoms with van der Waals surface area (Å²) in [6, 6.07) is 12.0. The fourth-order valence-corrected chi connectivity index (χ4v) is 8.06. The minimum absolute atomic E-state index is 0.0239. The van der Waals surface area contributed by atoms with Gasteiger partial charge in [0.05, 0.1) is 33.3 Å². The molecule has 4 rings (SSSR count). The van der Waals surface area contributed by atoms with Gasteiger partial charge in [-0.15, -0.1) is 0 Å². The fourth-order valence-electron chi connectivity index (χ4n) is 4.46. The van der Waals surface area contributed by atoms with Crippen LogP contribution in [0.2, 0.25) is 5.02 Å². The highest BCUT2D eigenvalue weighted by molar-refractivity contribution is 8.03. The molecule has 13 heteroatoms. The van der Waals surface area contributed by atoms with Gasteiger partial charge in [0, 0.05) is 27.9 Å². The van der Waals surface area contributed by atoms with Crippen molar-refractivity contribution in [2.45, 2.75) is 47.8 Å². The Balaban J connectivity index is 1.49. The summed E-state index contributed by atoms with van der Waals surface area (Å²) < 4.78 is 62.6. The summed E-state index contributed by atoms with van der Waals surface area (Å²) in [6.07, 6.45) is 8.10. The molecule has 8 nitrogen and oxygen atoms in total. The van der Waals surface area contributed by atoms with Crippen LogP contribution in [-0.4, -0.2) is 55.9 Å². The van der Waals surface area contributed by atoms with E-state index in [1.807, 2.05) is 37.3 Å². The van der Waals surface area contributed by atoms with Gasteiger partial charge in [-0.3, -0.25) is 9.11 Å². The second-order valence-corrected chi connectivity index (χ2v) is 15.2. The molecule has 2 heterocycles. The largest absolute Gasteiger partial charge is 0.355 e.